The van der Waals surface area contributed by atoms with Crippen LogP contribution >= 0.6 is 0 Å². The van der Waals surface area contributed by atoms with Crippen molar-refractivity contribution in [3.8, 4) is 0 Å². The Labute approximate surface area is 59.7 Å². The monoisotopic (exact) mass is 150 g/mol. The van der Waals surface area contributed by atoms with Crippen molar-refractivity contribution in [2.45, 2.75) is 38.3 Å². The van der Waals surface area contributed by atoms with Gasteiger partial charge in [-0.2, -0.15) is 0 Å². The molecule has 0 aliphatic rings. The number of aliphatic hydroxyl groups excluding tert-OH is 1. The molecule has 4 nitrogen and oxygen atoms in total. The Bertz CT molecular complexity index is 86.2. The average molecular weight is 150 g/mol. The van der Waals surface area contributed by atoms with Crippen molar-refractivity contribution in [3.05, 3.63) is 0 Å². The van der Waals surface area contributed by atoms with Crippen molar-refractivity contribution in [1.29, 1.82) is 0 Å². The van der Waals surface area contributed by atoms with Crippen LogP contribution in [-0.2, 0) is 0 Å². The first-order chi connectivity index (χ1) is 4.45. The summed E-state index contributed by atoms with van der Waals surface area (Å²) >= 11 is 0. The number of hydrogen-bond donors (Lipinski definition) is 4. The second kappa shape index (κ2) is 3.88. The van der Waals surface area contributed by atoms with Crippen LogP contribution in [-0.4, -0.2) is 32.5 Å². The summed E-state index contributed by atoms with van der Waals surface area (Å²) < 4.78 is 0. The summed E-state index contributed by atoms with van der Waals surface area (Å²) in [6, 6.07) is 0. The predicted octanol–water partition coefficient (Wildman–Crippen LogP) is -0.832. The zero-order chi connectivity index (χ0) is 8.20. The van der Waals surface area contributed by atoms with E-state index in [9.17, 15) is 0 Å². The van der Waals surface area contributed by atoms with Crippen molar-refractivity contribution >= 4 is 0 Å². The predicted molar refractivity (Wildman–Crippen MR) is 34.9 cm³/mol. The zero-order valence-corrected chi connectivity index (χ0v) is 5.99. The van der Waals surface area contributed by atoms with E-state index in [1.165, 1.54) is 0 Å². The van der Waals surface area contributed by atoms with E-state index in [1.807, 2.05) is 6.92 Å². The van der Waals surface area contributed by atoms with Gasteiger partial charge in [-0.1, -0.05) is 13.3 Å². The Morgan fingerprint density at radius 1 is 1.30 bits per heavy atom. The Morgan fingerprint density at radius 3 is 2.10 bits per heavy atom. The van der Waals surface area contributed by atoms with Crippen LogP contribution in [0.5, 0.6) is 0 Å². The van der Waals surface area contributed by atoms with Crippen LogP contribution in [0, 0.1) is 0 Å². The maximum absolute atomic E-state index is 8.90. The highest BCUT2D eigenvalue weighted by Gasteiger charge is 2.22. The highest BCUT2D eigenvalue weighted by molar-refractivity contribution is 4.58. The fourth-order valence-corrected chi connectivity index (χ4v) is 0.751. The lowest BCUT2D eigenvalue weighted by Gasteiger charge is -2.17. The van der Waals surface area contributed by atoms with Gasteiger partial charge >= 0.3 is 0 Å². The summed E-state index contributed by atoms with van der Waals surface area (Å²) in [5.41, 5.74) is 0. The SMILES string of the molecule is CCCC(O)CC(O)(O)O. The van der Waals surface area contributed by atoms with Gasteiger partial charge in [0.2, 0.25) is 0 Å². The third kappa shape index (κ3) is 5.97. The van der Waals surface area contributed by atoms with Crippen molar-refractivity contribution in [3.63, 3.8) is 0 Å². The normalized spacial score (nSPS) is 15.3. The molecule has 4 heteroatoms. The van der Waals surface area contributed by atoms with E-state index in [2.05, 4.69) is 0 Å². The minimum Gasteiger partial charge on any atom is -0.393 e. The largest absolute Gasteiger partial charge is 0.393 e. The second-order valence-electron chi connectivity index (χ2n) is 2.42. The van der Waals surface area contributed by atoms with Crippen LogP contribution in [0.2, 0.25) is 0 Å². The minimum absolute atomic E-state index is 0.416. The summed E-state index contributed by atoms with van der Waals surface area (Å²) in [5, 5.41) is 34.0. The quantitative estimate of drug-likeness (QED) is 0.394. The van der Waals surface area contributed by atoms with Crippen LogP contribution < -0.4 is 0 Å². The molecule has 1 unspecified atom stereocenters. The molecular weight excluding hydrogens is 136 g/mol. The van der Waals surface area contributed by atoms with Gasteiger partial charge in [-0.15, -0.1) is 0 Å². The highest BCUT2D eigenvalue weighted by Crippen LogP contribution is 2.08. The molecule has 0 fully saturated rings. The molecule has 10 heavy (non-hydrogen) atoms. The molecule has 0 heterocycles. The van der Waals surface area contributed by atoms with Gasteiger partial charge in [-0.3, -0.25) is 0 Å². The Kier molecular flexibility index (Phi) is 3.81. The van der Waals surface area contributed by atoms with Crippen molar-refractivity contribution in [1.82, 2.24) is 0 Å². The van der Waals surface area contributed by atoms with Gasteiger partial charge in [0, 0.05) is 0 Å². The third-order valence-corrected chi connectivity index (χ3v) is 1.13. The molecule has 0 aromatic rings. The number of hydrogen-bond acceptors (Lipinski definition) is 4. The molecule has 0 saturated carbocycles. The first-order valence-corrected chi connectivity index (χ1v) is 3.31. The molecule has 0 amide bonds. The van der Waals surface area contributed by atoms with Crippen molar-refractivity contribution in [2.75, 3.05) is 0 Å². The van der Waals surface area contributed by atoms with E-state index in [0.717, 1.165) is 6.42 Å². The highest BCUT2D eigenvalue weighted by atomic mass is 16.7. The van der Waals surface area contributed by atoms with E-state index < -0.39 is 18.5 Å². The standard InChI is InChI=1S/C6H14O4/c1-2-3-5(7)4-6(8,9)10/h5,7-10H,2-4H2,1H3. The Balaban J connectivity index is 3.47. The number of rotatable bonds is 4. The summed E-state index contributed by atoms with van der Waals surface area (Å²) in [4.78, 5) is 0. The first kappa shape index (κ1) is 9.84. The van der Waals surface area contributed by atoms with Crippen LogP contribution in [0.1, 0.15) is 26.2 Å². The third-order valence-electron chi connectivity index (χ3n) is 1.13. The molecule has 0 aliphatic carbocycles. The molecular formula is C6H14O4. The molecule has 62 valence electrons. The Hall–Kier alpha value is -0.160. The van der Waals surface area contributed by atoms with Gasteiger partial charge in [-0.25, -0.2) is 0 Å². The lowest BCUT2D eigenvalue weighted by Crippen LogP contribution is -2.32. The van der Waals surface area contributed by atoms with E-state index in [4.69, 9.17) is 20.4 Å². The number of aliphatic hydroxyl groups is 4. The van der Waals surface area contributed by atoms with Gasteiger partial charge in [-0.05, 0) is 6.42 Å². The molecule has 0 bridgehead atoms. The lowest BCUT2D eigenvalue weighted by atomic mass is 10.1. The molecule has 1 atom stereocenters. The maximum Gasteiger partial charge on any atom is 0.277 e. The molecule has 0 spiro atoms. The summed E-state index contributed by atoms with van der Waals surface area (Å²) in [6.07, 6.45) is -0.0494. The van der Waals surface area contributed by atoms with E-state index in [-0.39, 0.29) is 0 Å². The van der Waals surface area contributed by atoms with Crippen LogP contribution in [0.15, 0.2) is 0 Å². The minimum atomic E-state index is -2.73. The van der Waals surface area contributed by atoms with Gasteiger partial charge < -0.3 is 20.4 Å². The van der Waals surface area contributed by atoms with Crippen LogP contribution in [0.25, 0.3) is 0 Å². The lowest BCUT2D eigenvalue weighted by molar-refractivity contribution is -0.322. The topological polar surface area (TPSA) is 80.9 Å². The molecule has 0 rings (SSSR count). The Morgan fingerprint density at radius 2 is 1.80 bits per heavy atom. The maximum atomic E-state index is 8.90. The summed E-state index contributed by atoms with van der Waals surface area (Å²) in [6.45, 7) is 1.86. The summed E-state index contributed by atoms with van der Waals surface area (Å²) in [5.74, 6) is -2.73. The van der Waals surface area contributed by atoms with E-state index in [0.29, 0.717) is 6.42 Å². The smallest absolute Gasteiger partial charge is 0.277 e. The van der Waals surface area contributed by atoms with Gasteiger partial charge in [0.25, 0.3) is 5.97 Å². The molecule has 0 radical (unpaired) electrons. The fourth-order valence-electron chi connectivity index (χ4n) is 0.751. The van der Waals surface area contributed by atoms with Crippen LogP contribution in [0.3, 0.4) is 0 Å². The first-order valence-electron chi connectivity index (χ1n) is 3.31. The van der Waals surface area contributed by atoms with Gasteiger partial charge in [0.15, 0.2) is 0 Å². The second-order valence-corrected chi connectivity index (χ2v) is 2.42. The molecule has 4 N–H and O–H groups in total. The zero-order valence-electron chi connectivity index (χ0n) is 5.99. The van der Waals surface area contributed by atoms with Gasteiger partial charge in [0.1, 0.15) is 0 Å². The van der Waals surface area contributed by atoms with E-state index in [1.54, 1.807) is 0 Å². The molecule has 0 aromatic heterocycles. The van der Waals surface area contributed by atoms with E-state index >= 15 is 0 Å². The van der Waals surface area contributed by atoms with Crippen LogP contribution in [0.4, 0.5) is 0 Å². The summed E-state index contributed by atoms with van der Waals surface area (Å²) in [7, 11) is 0. The van der Waals surface area contributed by atoms with Crippen molar-refractivity contribution < 1.29 is 20.4 Å². The average Bonchev–Trinajstić information content (AvgIpc) is 1.59. The molecule has 0 aromatic carbocycles. The van der Waals surface area contributed by atoms with Gasteiger partial charge in [0.05, 0.1) is 12.5 Å². The fraction of sp³-hybridized carbons (Fsp3) is 1.00. The molecule has 0 aliphatic heterocycles. The van der Waals surface area contributed by atoms with Crippen molar-refractivity contribution in [2.24, 2.45) is 0 Å². The molecule has 0 saturated heterocycles.